The molecule has 31 heavy (non-hydrogen) atoms. The monoisotopic (exact) mass is 439 g/mol. The molecule has 0 atom stereocenters. The second kappa shape index (κ2) is 8.35. The highest BCUT2D eigenvalue weighted by molar-refractivity contribution is 7.80. The lowest BCUT2D eigenvalue weighted by molar-refractivity contribution is -0.386. The van der Waals surface area contributed by atoms with Crippen LogP contribution in [-0.2, 0) is 11.4 Å². The average Bonchev–Trinajstić information content (AvgIpc) is 3.53. The molecule has 160 valence electrons. The number of carbonyl (C=O) groups excluding carboxylic acids is 1. The van der Waals surface area contributed by atoms with Crippen molar-refractivity contribution in [1.82, 2.24) is 10.2 Å². The van der Waals surface area contributed by atoms with Crippen LogP contribution in [0, 0.1) is 17.0 Å². The fourth-order valence-electron chi connectivity index (χ4n) is 3.43. The van der Waals surface area contributed by atoms with Crippen LogP contribution in [0.2, 0.25) is 0 Å². The molecular weight excluding hydrogens is 418 g/mol. The first-order valence-electron chi connectivity index (χ1n) is 9.78. The molecule has 9 heteroatoms. The van der Waals surface area contributed by atoms with Gasteiger partial charge in [-0.15, -0.1) is 0 Å². The van der Waals surface area contributed by atoms with Crippen LogP contribution in [0.3, 0.4) is 0 Å². The lowest BCUT2D eigenvalue weighted by atomic mass is 10.1. The second-order valence-corrected chi connectivity index (χ2v) is 7.87. The molecular formula is C22H21N3O5S. The van der Waals surface area contributed by atoms with E-state index in [0.717, 1.165) is 24.0 Å². The lowest BCUT2D eigenvalue weighted by Crippen LogP contribution is -2.32. The minimum absolute atomic E-state index is 0.0675. The van der Waals surface area contributed by atoms with E-state index in [9.17, 15) is 14.9 Å². The number of nitrogens with zero attached hydrogens (tertiary/aromatic N) is 2. The minimum atomic E-state index is -0.466. The number of aryl methyl sites for hydroxylation is 1. The number of thiocarbonyl (C=S) groups is 1. The number of methoxy groups -OCH3 is 1. The zero-order chi connectivity index (χ0) is 22.1. The molecule has 8 nitrogen and oxygen atoms in total. The predicted molar refractivity (Wildman–Crippen MR) is 119 cm³/mol. The molecule has 1 saturated heterocycles. The van der Waals surface area contributed by atoms with Crippen LogP contribution in [0.25, 0.3) is 6.08 Å². The standard InChI is InChI=1S/C22H21N3O5S/c1-13-3-7-20(18(9-13)25(27)28)30-12-15-10-14(4-8-19(15)29-2)11-17-21(26)24(16-5-6-16)22(31)23-17/h3-4,7-11,16H,5-6,12H2,1-2H3,(H,23,31)/b17-11+. The van der Waals surface area contributed by atoms with Gasteiger partial charge in [-0.2, -0.15) is 0 Å². The first-order chi connectivity index (χ1) is 14.9. The van der Waals surface area contributed by atoms with Crippen LogP contribution in [0.1, 0.15) is 29.5 Å². The van der Waals surface area contributed by atoms with E-state index in [-0.39, 0.29) is 30.0 Å². The number of nitrogens with one attached hydrogen (secondary N) is 1. The number of benzene rings is 2. The molecule has 0 spiro atoms. The number of rotatable bonds is 7. The van der Waals surface area contributed by atoms with Crippen molar-refractivity contribution in [3.63, 3.8) is 0 Å². The van der Waals surface area contributed by atoms with Gasteiger partial charge in [0.15, 0.2) is 10.9 Å². The van der Waals surface area contributed by atoms with Crippen molar-refractivity contribution in [2.24, 2.45) is 0 Å². The Hall–Kier alpha value is -3.46. The van der Waals surface area contributed by atoms with Crippen molar-refractivity contribution in [1.29, 1.82) is 0 Å². The average molecular weight is 439 g/mol. The van der Waals surface area contributed by atoms with Crippen LogP contribution in [0.4, 0.5) is 5.69 Å². The predicted octanol–water partition coefficient (Wildman–Crippen LogP) is 3.71. The Morgan fingerprint density at radius 1 is 1.26 bits per heavy atom. The molecule has 2 aromatic rings. The zero-order valence-electron chi connectivity index (χ0n) is 17.1. The molecule has 1 heterocycles. The summed E-state index contributed by atoms with van der Waals surface area (Å²) in [7, 11) is 1.54. The van der Waals surface area contributed by atoms with E-state index in [0.29, 0.717) is 22.1 Å². The van der Waals surface area contributed by atoms with Crippen molar-refractivity contribution in [3.05, 3.63) is 68.9 Å². The van der Waals surface area contributed by atoms with Gasteiger partial charge in [-0.1, -0.05) is 12.1 Å². The Morgan fingerprint density at radius 2 is 2.00 bits per heavy atom. The molecule has 0 radical (unpaired) electrons. The molecule has 1 aliphatic carbocycles. The van der Waals surface area contributed by atoms with Crippen LogP contribution in [-0.4, -0.2) is 34.0 Å². The molecule has 2 aliphatic rings. The molecule has 0 unspecified atom stereocenters. The summed E-state index contributed by atoms with van der Waals surface area (Å²) in [5.74, 6) is 0.633. The molecule has 4 rings (SSSR count). The quantitative estimate of drug-likeness (QED) is 0.304. The maximum atomic E-state index is 12.6. The molecule has 1 aliphatic heterocycles. The van der Waals surface area contributed by atoms with Crippen molar-refractivity contribution in [2.75, 3.05) is 7.11 Å². The van der Waals surface area contributed by atoms with Crippen LogP contribution in [0.5, 0.6) is 11.5 Å². The normalized spacial score (nSPS) is 17.1. The van der Waals surface area contributed by atoms with Gasteiger partial charge in [0, 0.05) is 17.7 Å². The highest BCUT2D eigenvalue weighted by Gasteiger charge is 2.41. The fourth-order valence-corrected chi connectivity index (χ4v) is 3.77. The van der Waals surface area contributed by atoms with E-state index >= 15 is 0 Å². The van der Waals surface area contributed by atoms with Gasteiger partial charge >= 0.3 is 5.69 Å². The van der Waals surface area contributed by atoms with Crippen LogP contribution in [0.15, 0.2) is 42.1 Å². The maximum Gasteiger partial charge on any atom is 0.311 e. The summed E-state index contributed by atoms with van der Waals surface area (Å²) in [5, 5.41) is 14.8. The van der Waals surface area contributed by atoms with Crippen molar-refractivity contribution in [3.8, 4) is 11.5 Å². The van der Waals surface area contributed by atoms with Crippen LogP contribution >= 0.6 is 12.2 Å². The van der Waals surface area contributed by atoms with E-state index < -0.39 is 4.92 Å². The summed E-state index contributed by atoms with van der Waals surface area (Å²) in [6, 6.07) is 10.4. The van der Waals surface area contributed by atoms with Crippen molar-refractivity contribution < 1.29 is 19.2 Å². The summed E-state index contributed by atoms with van der Waals surface area (Å²) >= 11 is 5.29. The van der Waals surface area contributed by atoms with E-state index in [1.807, 2.05) is 12.1 Å². The number of nitro groups is 1. The Morgan fingerprint density at radius 3 is 2.68 bits per heavy atom. The van der Waals surface area contributed by atoms with Crippen LogP contribution < -0.4 is 14.8 Å². The van der Waals surface area contributed by atoms with Gasteiger partial charge in [0.1, 0.15) is 18.1 Å². The Balaban J connectivity index is 1.57. The van der Waals surface area contributed by atoms with Gasteiger partial charge in [-0.25, -0.2) is 0 Å². The first-order valence-corrected chi connectivity index (χ1v) is 10.2. The molecule has 0 bridgehead atoms. The molecule has 0 aromatic heterocycles. The second-order valence-electron chi connectivity index (χ2n) is 7.48. The third kappa shape index (κ3) is 4.36. The topological polar surface area (TPSA) is 93.9 Å². The summed E-state index contributed by atoms with van der Waals surface area (Å²) in [6.45, 7) is 1.85. The number of hydrogen-bond donors (Lipinski definition) is 1. The molecule has 1 saturated carbocycles. The molecule has 2 aromatic carbocycles. The van der Waals surface area contributed by atoms with Gasteiger partial charge in [0.25, 0.3) is 5.91 Å². The van der Waals surface area contributed by atoms with Crippen molar-refractivity contribution >= 4 is 35.0 Å². The summed E-state index contributed by atoms with van der Waals surface area (Å²) in [6.07, 6.45) is 3.67. The number of hydrogen-bond acceptors (Lipinski definition) is 6. The van der Waals surface area contributed by atoms with Gasteiger partial charge < -0.3 is 14.8 Å². The van der Waals surface area contributed by atoms with Gasteiger partial charge in [-0.3, -0.25) is 19.8 Å². The highest BCUT2D eigenvalue weighted by Crippen LogP contribution is 2.32. The Labute approximate surface area is 184 Å². The third-order valence-electron chi connectivity index (χ3n) is 5.13. The SMILES string of the molecule is COc1ccc(/C=C2/NC(=S)N(C3CC3)C2=O)cc1COc1ccc(C)cc1[N+](=O)[O-]. The van der Waals surface area contributed by atoms with Gasteiger partial charge in [-0.05, 0) is 67.4 Å². The van der Waals surface area contributed by atoms with Gasteiger partial charge in [0.2, 0.25) is 0 Å². The maximum absolute atomic E-state index is 12.6. The Bertz CT molecular complexity index is 1110. The van der Waals surface area contributed by atoms with Gasteiger partial charge in [0.05, 0.1) is 12.0 Å². The largest absolute Gasteiger partial charge is 0.496 e. The molecule has 1 N–H and O–H groups in total. The first kappa shape index (κ1) is 20.8. The zero-order valence-corrected chi connectivity index (χ0v) is 17.9. The fraction of sp³-hybridized carbons (Fsp3) is 0.273. The third-order valence-corrected chi connectivity index (χ3v) is 5.43. The summed E-state index contributed by atoms with van der Waals surface area (Å²) in [5.41, 5.74) is 2.56. The highest BCUT2D eigenvalue weighted by atomic mass is 32.1. The smallest absolute Gasteiger partial charge is 0.311 e. The number of amides is 1. The van der Waals surface area contributed by atoms with E-state index in [2.05, 4.69) is 5.32 Å². The number of ether oxygens (including phenoxy) is 2. The molecule has 2 fully saturated rings. The number of nitro benzene ring substituents is 1. The van der Waals surface area contributed by atoms with E-state index in [4.69, 9.17) is 21.7 Å². The lowest BCUT2D eigenvalue weighted by Gasteiger charge is -2.12. The molecule has 1 amide bonds. The summed E-state index contributed by atoms with van der Waals surface area (Å²) < 4.78 is 11.2. The van der Waals surface area contributed by atoms with Crippen molar-refractivity contribution in [2.45, 2.75) is 32.4 Å². The van der Waals surface area contributed by atoms with E-state index in [1.165, 1.54) is 6.07 Å². The number of carbonyl (C=O) groups is 1. The van der Waals surface area contributed by atoms with E-state index in [1.54, 1.807) is 43.2 Å². The summed E-state index contributed by atoms with van der Waals surface area (Å²) in [4.78, 5) is 25.1. The minimum Gasteiger partial charge on any atom is -0.496 e. The Kier molecular flexibility index (Phi) is 5.60.